The van der Waals surface area contributed by atoms with E-state index in [1.165, 1.54) is 6.07 Å². The van der Waals surface area contributed by atoms with Gasteiger partial charge in [0.2, 0.25) is 0 Å². The van der Waals surface area contributed by atoms with Gasteiger partial charge in [-0.1, -0.05) is 42.5 Å². The molecule has 0 atom stereocenters. The van der Waals surface area contributed by atoms with E-state index in [1.54, 1.807) is 37.3 Å². The van der Waals surface area contributed by atoms with Crippen molar-refractivity contribution in [2.45, 2.75) is 13.1 Å². The molecule has 0 saturated heterocycles. The zero-order valence-electron chi connectivity index (χ0n) is 13.7. The van der Waals surface area contributed by atoms with Crippen LogP contribution in [0.2, 0.25) is 0 Å². The van der Waals surface area contributed by atoms with Crippen LogP contribution in [0, 0.1) is 0 Å². The van der Waals surface area contributed by atoms with E-state index in [0.29, 0.717) is 22.4 Å². The van der Waals surface area contributed by atoms with Gasteiger partial charge < -0.3 is 4.74 Å². The first-order valence-corrected chi connectivity index (χ1v) is 8.59. The fraction of sp³-hybridized carbons (Fsp3) is 0.158. The molecule has 26 heavy (non-hydrogen) atoms. The highest BCUT2D eigenvalue weighted by atomic mass is 32.1. The number of halogens is 3. The lowest BCUT2D eigenvalue weighted by atomic mass is 9.98. The minimum Gasteiger partial charge on any atom is -0.462 e. The van der Waals surface area contributed by atoms with Crippen molar-refractivity contribution >= 4 is 17.5 Å². The van der Waals surface area contributed by atoms with Gasteiger partial charge in [0.25, 0.3) is 0 Å². The first kappa shape index (κ1) is 18.1. The molecule has 0 saturated carbocycles. The van der Waals surface area contributed by atoms with E-state index in [9.17, 15) is 18.0 Å². The molecule has 3 rings (SSSR count). The summed E-state index contributed by atoms with van der Waals surface area (Å²) in [6, 6.07) is 13.9. The van der Waals surface area contributed by atoms with Crippen molar-refractivity contribution in [1.82, 2.24) is 4.37 Å². The normalized spacial score (nSPS) is 11.4. The Morgan fingerprint density at radius 3 is 2.42 bits per heavy atom. The summed E-state index contributed by atoms with van der Waals surface area (Å²) in [5.41, 5.74) is 1.03. The average Bonchev–Trinajstić information content (AvgIpc) is 3.07. The van der Waals surface area contributed by atoms with Crippen LogP contribution >= 0.6 is 11.5 Å². The zero-order valence-corrected chi connectivity index (χ0v) is 14.5. The van der Waals surface area contributed by atoms with Crippen molar-refractivity contribution in [1.29, 1.82) is 0 Å². The molecular weight excluding hydrogens is 363 g/mol. The van der Waals surface area contributed by atoms with Crippen LogP contribution in [0.5, 0.6) is 0 Å². The molecule has 3 nitrogen and oxygen atoms in total. The Morgan fingerprint density at radius 2 is 1.77 bits per heavy atom. The molecule has 1 aromatic heterocycles. The molecule has 0 bridgehead atoms. The highest BCUT2D eigenvalue weighted by Gasteiger charge is 2.31. The van der Waals surface area contributed by atoms with Gasteiger partial charge in [0.1, 0.15) is 4.88 Å². The van der Waals surface area contributed by atoms with Crippen molar-refractivity contribution in [2.75, 3.05) is 6.61 Å². The number of carbonyl (C=O) groups excluding carboxylic acids is 1. The molecule has 1 heterocycles. The molecule has 0 amide bonds. The number of hydrogen-bond acceptors (Lipinski definition) is 4. The molecule has 0 spiro atoms. The Balaban J connectivity index is 2.18. The molecule has 0 aliphatic carbocycles. The summed E-state index contributed by atoms with van der Waals surface area (Å²) in [4.78, 5) is 12.5. The maximum absolute atomic E-state index is 13.0. The number of aromatic nitrogens is 1. The van der Waals surface area contributed by atoms with E-state index in [0.717, 1.165) is 23.7 Å². The summed E-state index contributed by atoms with van der Waals surface area (Å²) < 4.78 is 48.5. The minimum atomic E-state index is -4.46. The molecule has 7 heteroatoms. The molecule has 0 unspecified atom stereocenters. The first-order valence-electron chi connectivity index (χ1n) is 7.81. The zero-order chi connectivity index (χ0) is 18.7. The predicted molar refractivity (Wildman–Crippen MR) is 93.9 cm³/mol. The summed E-state index contributed by atoms with van der Waals surface area (Å²) in [6.45, 7) is 1.89. The van der Waals surface area contributed by atoms with E-state index in [-0.39, 0.29) is 11.5 Å². The van der Waals surface area contributed by atoms with Gasteiger partial charge in [-0.3, -0.25) is 0 Å². The van der Waals surface area contributed by atoms with Crippen LogP contribution < -0.4 is 0 Å². The quantitative estimate of drug-likeness (QED) is 0.550. The maximum atomic E-state index is 13.0. The van der Waals surface area contributed by atoms with Gasteiger partial charge in [-0.25, -0.2) is 4.79 Å². The van der Waals surface area contributed by atoms with Gasteiger partial charge >= 0.3 is 12.1 Å². The maximum Gasteiger partial charge on any atom is 0.416 e. The monoisotopic (exact) mass is 377 g/mol. The molecule has 0 radical (unpaired) electrons. The Kier molecular flexibility index (Phi) is 5.08. The van der Waals surface area contributed by atoms with Crippen LogP contribution in [0.15, 0.2) is 54.6 Å². The molecule has 0 aliphatic rings. The van der Waals surface area contributed by atoms with Gasteiger partial charge in [-0.05, 0) is 36.2 Å². The summed E-state index contributed by atoms with van der Waals surface area (Å²) in [7, 11) is 0. The van der Waals surface area contributed by atoms with E-state index >= 15 is 0 Å². The van der Waals surface area contributed by atoms with Crippen molar-refractivity contribution in [3.8, 4) is 22.4 Å². The fourth-order valence-corrected chi connectivity index (χ4v) is 3.36. The van der Waals surface area contributed by atoms with Gasteiger partial charge in [-0.2, -0.15) is 17.5 Å². The summed E-state index contributed by atoms with van der Waals surface area (Å²) in [6.07, 6.45) is -4.46. The van der Waals surface area contributed by atoms with E-state index in [1.807, 2.05) is 6.07 Å². The predicted octanol–water partition coefficient (Wildman–Crippen LogP) is 5.67. The Bertz CT molecular complexity index is 920. The number of esters is 1. The molecule has 0 fully saturated rings. The molecule has 0 aliphatic heterocycles. The van der Waals surface area contributed by atoms with Crippen molar-refractivity contribution < 1.29 is 22.7 Å². The smallest absolute Gasteiger partial charge is 0.416 e. The van der Waals surface area contributed by atoms with Gasteiger partial charge in [-0.15, -0.1) is 0 Å². The topological polar surface area (TPSA) is 39.2 Å². The van der Waals surface area contributed by atoms with Gasteiger partial charge in [0, 0.05) is 11.1 Å². The number of ether oxygens (including phenoxy) is 1. The van der Waals surface area contributed by atoms with Gasteiger partial charge in [0.15, 0.2) is 0 Å². The van der Waals surface area contributed by atoms with Crippen LogP contribution in [0.3, 0.4) is 0 Å². The summed E-state index contributed by atoms with van der Waals surface area (Å²) in [5.74, 6) is -0.540. The number of hydrogen-bond donors (Lipinski definition) is 0. The number of carbonyl (C=O) groups is 1. The van der Waals surface area contributed by atoms with Crippen molar-refractivity contribution in [3.63, 3.8) is 0 Å². The number of alkyl halides is 3. The lowest BCUT2D eigenvalue weighted by Crippen LogP contribution is -2.05. The van der Waals surface area contributed by atoms with E-state index < -0.39 is 17.7 Å². The highest BCUT2D eigenvalue weighted by molar-refractivity contribution is 7.09. The van der Waals surface area contributed by atoms with E-state index in [4.69, 9.17) is 4.74 Å². The lowest BCUT2D eigenvalue weighted by molar-refractivity contribution is -0.137. The summed E-state index contributed by atoms with van der Waals surface area (Å²) >= 11 is 0.921. The largest absolute Gasteiger partial charge is 0.462 e. The average molecular weight is 377 g/mol. The first-order chi connectivity index (χ1) is 12.4. The molecule has 3 aromatic rings. The third kappa shape index (κ3) is 3.62. The van der Waals surface area contributed by atoms with E-state index in [2.05, 4.69) is 4.37 Å². The third-order valence-corrected chi connectivity index (χ3v) is 4.51. The number of nitrogens with zero attached hydrogens (tertiary/aromatic N) is 1. The molecule has 2 aromatic carbocycles. The van der Waals surface area contributed by atoms with Crippen LogP contribution in [-0.4, -0.2) is 16.9 Å². The minimum absolute atomic E-state index is 0.198. The molecule has 0 N–H and O–H groups in total. The third-order valence-electron chi connectivity index (χ3n) is 3.68. The highest BCUT2D eigenvalue weighted by Crippen LogP contribution is 2.39. The lowest BCUT2D eigenvalue weighted by Gasteiger charge is -2.10. The van der Waals surface area contributed by atoms with Crippen molar-refractivity contribution in [2.24, 2.45) is 0 Å². The second-order valence-corrected chi connectivity index (χ2v) is 6.17. The van der Waals surface area contributed by atoms with Crippen LogP contribution in [0.1, 0.15) is 22.2 Å². The van der Waals surface area contributed by atoms with Crippen LogP contribution in [0.4, 0.5) is 13.2 Å². The Hall–Kier alpha value is -2.67. The molecular formula is C19H14F3NO2S. The fourth-order valence-electron chi connectivity index (χ4n) is 2.54. The standard InChI is InChI=1S/C19H14F3NO2S/c1-2-25-18(24)17-15(12-7-4-3-5-8-12)16(23-26-17)13-9-6-10-14(11-13)19(20,21)22/h3-11H,2H2,1H3. The van der Waals surface area contributed by atoms with Crippen molar-refractivity contribution in [3.05, 3.63) is 65.0 Å². The van der Waals surface area contributed by atoms with Crippen LogP contribution in [-0.2, 0) is 10.9 Å². The Morgan fingerprint density at radius 1 is 1.08 bits per heavy atom. The number of benzene rings is 2. The summed E-state index contributed by atoms with van der Waals surface area (Å²) in [5, 5.41) is 0. The molecule has 134 valence electrons. The number of rotatable bonds is 4. The second kappa shape index (κ2) is 7.29. The van der Waals surface area contributed by atoms with Crippen LogP contribution in [0.25, 0.3) is 22.4 Å². The van der Waals surface area contributed by atoms with Gasteiger partial charge in [0.05, 0.1) is 17.9 Å². The Labute approximate surface area is 152 Å². The SMILES string of the molecule is CCOC(=O)c1snc(-c2cccc(C(F)(F)F)c2)c1-c1ccccc1. The second-order valence-electron chi connectivity index (χ2n) is 5.40.